The highest BCUT2D eigenvalue weighted by molar-refractivity contribution is 7.16. The molecule has 26 heavy (non-hydrogen) atoms. The fourth-order valence-corrected chi connectivity index (χ4v) is 3.79. The van der Waals surface area contributed by atoms with E-state index in [1.54, 1.807) is 13.2 Å². The van der Waals surface area contributed by atoms with Crippen LogP contribution in [0.5, 0.6) is 11.5 Å². The monoisotopic (exact) mass is 366 g/mol. The van der Waals surface area contributed by atoms with Crippen molar-refractivity contribution in [1.29, 1.82) is 0 Å². The molecule has 1 N–H and O–H groups in total. The SMILES string of the molecule is COc1ccc(-c2nc(NC(=O)c3ccc4c(c3)CCO4)sc2C)cc1. The largest absolute Gasteiger partial charge is 0.497 e. The van der Waals surface area contributed by atoms with Crippen molar-refractivity contribution in [1.82, 2.24) is 4.98 Å². The molecule has 1 amide bonds. The van der Waals surface area contributed by atoms with Gasteiger partial charge in [0, 0.05) is 22.4 Å². The first kappa shape index (κ1) is 16.6. The molecular formula is C20H18N2O3S. The number of hydrogen-bond acceptors (Lipinski definition) is 5. The second-order valence-electron chi connectivity index (χ2n) is 6.03. The summed E-state index contributed by atoms with van der Waals surface area (Å²) in [6, 6.07) is 13.3. The molecule has 0 bridgehead atoms. The van der Waals surface area contributed by atoms with Gasteiger partial charge in [-0.1, -0.05) is 0 Å². The number of amides is 1. The van der Waals surface area contributed by atoms with Crippen LogP contribution in [0.2, 0.25) is 0 Å². The van der Waals surface area contributed by atoms with E-state index < -0.39 is 0 Å². The summed E-state index contributed by atoms with van der Waals surface area (Å²) in [6.45, 7) is 2.68. The number of ether oxygens (including phenoxy) is 2. The molecule has 0 aliphatic carbocycles. The van der Waals surface area contributed by atoms with Gasteiger partial charge in [0.15, 0.2) is 5.13 Å². The molecule has 3 aromatic rings. The number of carbonyl (C=O) groups excluding carboxylic acids is 1. The van der Waals surface area contributed by atoms with Crippen molar-refractivity contribution in [2.75, 3.05) is 19.0 Å². The first-order valence-electron chi connectivity index (χ1n) is 8.33. The summed E-state index contributed by atoms with van der Waals surface area (Å²) in [5, 5.41) is 3.50. The highest BCUT2D eigenvalue weighted by Crippen LogP contribution is 2.32. The van der Waals surface area contributed by atoms with Crippen LogP contribution in [0.15, 0.2) is 42.5 Å². The van der Waals surface area contributed by atoms with E-state index in [2.05, 4.69) is 10.3 Å². The van der Waals surface area contributed by atoms with Gasteiger partial charge >= 0.3 is 0 Å². The third-order valence-corrected chi connectivity index (χ3v) is 5.22. The summed E-state index contributed by atoms with van der Waals surface area (Å²) in [5.41, 5.74) is 3.56. The van der Waals surface area contributed by atoms with E-state index in [4.69, 9.17) is 9.47 Å². The van der Waals surface area contributed by atoms with Gasteiger partial charge in [-0.05, 0) is 55.0 Å². The number of hydrogen-bond donors (Lipinski definition) is 1. The minimum absolute atomic E-state index is 0.158. The van der Waals surface area contributed by atoms with Crippen molar-refractivity contribution in [3.05, 3.63) is 58.5 Å². The van der Waals surface area contributed by atoms with Crippen molar-refractivity contribution in [2.45, 2.75) is 13.3 Å². The molecule has 1 aliphatic rings. The predicted octanol–water partition coefficient (Wildman–Crippen LogP) is 4.31. The molecule has 132 valence electrons. The smallest absolute Gasteiger partial charge is 0.257 e. The Morgan fingerprint density at radius 3 is 2.81 bits per heavy atom. The number of fused-ring (bicyclic) bond motifs is 1. The predicted molar refractivity (Wildman–Crippen MR) is 102 cm³/mol. The van der Waals surface area contributed by atoms with Gasteiger partial charge < -0.3 is 9.47 Å². The number of rotatable bonds is 4. The molecule has 0 radical (unpaired) electrons. The molecule has 0 atom stereocenters. The molecule has 4 rings (SSSR count). The summed E-state index contributed by atoms with van der Waals surface area (Å²) in [5.74, 6) is 1.51. The molecule has 0 spiro atoms. The number of aryl methyl sites for hydroxylation is 1. The zero-order valence-corrected chi connectivity index (χ0v) is 15.4. The number of benzene rings is 2. The van der Waals surface area contributed by atoms with Crippen molar-refractivity contribution in [2.24, 2.45) is 0 Å². The fourth-order valence-electron chi connectivity index (χ4n) is 2.96. The topological polar surface area (TPSA) is 60.5 Å². The van der Waals surface area contributed by atoms with Gasteiger partial charge in [-0.15, -0.1) is 11.3 Å². The van der Waals surface area contributed by atoms with E-state index in [1.165, 1.54) is 11.3 Å². The van der Waals surface area contributed by atoms with Gasteiger partial charge in [0.1, 0.15) is 11.5 Å². The van der Waals surface area contributed by atoms with Gasteiger partial charge in [0.25, 0.3) is 5.91 Å². The number of aromatic nitrogens is 1. The van der Waals surface area contributed by atoms with Gasteiger partial charge in [-0.3, -0.25) is 10.1 Å². The molecule has 0 saturated carbocycles. The molecule has 0 saturated heterocycles. The Labute approximate surface area is 155 Å². The van der Waals surface area contributed by atoms with Crippen LogP contribution in [0.3, 0.4) is 0 Å². The summed E-state index contributed by atoms with van der Waals surface area (Å²) in [7, 11) is 1.64. The number of anilines is 1. The Kier molecular flexibility index (Phi) is 4.34. The molecule has 2 heterocycles. The van der Waals surface area contributed by atoms with Crippen LogP contribution >= 0.6 is 11.3 Å². The molecule has 1 aliphatic heterocycles. The average Bonchev–Trinajstić information content (AvgIpc) is 3.27. The highest BCUT2D eigenvalue weighted by Gasteiger charge is 2.17. The van der Waals surface area contributed by atoms with Gasteiger partial charge in [-0.25, -0.2) is 4.98 Å². The van der Waals surface area contributed by atoms with Gasteiger partial charge in [0.05, 0.1) is 19.4 Å². The van der Waals surface area contributed by atoms with Crippen molar-refractivity contribution >= 4 is 22.4 Å². The molecule has 0 fully saturated rings. The van der Waals surface area contributed by atoms with E-state index >= 15 is 0 Å². The zero-order chi connectivity index (χ0) is 18.1. The third-order valence-electron chi connectivity index (χ3n) is 4.33. The van der Waals surface area contributed by atoms with Crippen LogP contribution in [0.4, 0.5) is 5.13 Å². The Bertz CT molecular complexity index is 964. The van der Waals surface area contributed by atoms with Crippen molar-refractivity contribution in [3.8, 4) is 22.8 Å². The molecule has 6 heteroatoms. The van der Waals surface area contributed by atoms with Crippen LogP contribution in [0.1, 0.15) is 20.8 Å². The van der Waals surface area contributed by atoms with Crippen molar-refractivity contribution < 1.29 is 14.3 Å². The van der Waals surface area contributed by atoms with Gasteiger partial charge in [0.2, 0.25) is 0 Å². The second kappa shape index (κ2) is 6.80. The molecule has 1 aromatic heterocycles. The molecule has 5 nitrogen and oxygen atoms in total. The minimum atomic E-state index is -0.158. The maximum absolute atomic E-state index is 12.6. The second-order valence-corrected chi connectivity index (χ2v) is 7.23. The zero-order valence-electron chi connectivity index (χ0n) is 14.5. The van der Waals surface area contributed by atoms with E-state index in [0.29, 0.717) is 17.3 Å². The average molecular weight is 366 g/mol. The Hall–Kier alpha value is -2.86. The number of nitrogens with one attached hydrogen (secondary N) is 1. The Balaban J connectivity index is 1.54. The summed E-state index contributed by atoms with van der Waals surface area (Å²) in [6.07, 6.45) is 0.842. The van der Waals surface area contributed by atoms with E-state index in [0.717, 1.165) is 39.6 Å². The molecule has 0 unspecified atom stereocenters. The third kappa shape index (κ3) is 3.15. The lowest BCUT2D eigenvalue weighted by molar-refractivity contribution is 0.102. The number of nitrogens with zero attached hydrogens (tertiary/aromatic N) is 1. The Morgan fingerprint density at radius 2 is 2.04 bits per heavy atom. The number of carbonyl (C=O) groups is 1. The lowest BCUT2D eigenvalue weighted by atomic mass is 10.1. The van der Waals surface area contributed by atoms with E-state index in [9.17, 15) is 4.79 Å². The highest BCUT2D eigenvalue weighted by atomic mass is 32.1. The lowest BCUT2D eigenvalue weighted by Crippen LogP contribution is -2.11. The Morgan fingerprint density at radius 1 is 1.23 bits per heavy atom. The first-order valence-corrected chi connectivity index (χ1v) is 9.14. The quantitative estimate of drug-likeness (QED) is 0.747. The first-order chi connectivity index (χ1) is 12.6. The van der Waals surface area contributed by atoms with Crippen LogP contribution in [-0.4, -0.2) is 24.6 Å². The number of thiazole rings is 1. The normalized spacial score (nSPS) is 12.4. The van der Waals surface area contributed by atoms with Crippen molar-refractivity contribution in [3.63, 3.8) is 0 Å². The summed E-state index contributed by atoms with van der Waals surface area (Å²) >= 11 is 1.47. The van der Waals surface area contributed by atoms with Crippen LogP contribution < -0.4 is 14.8 Å². The maximum atomic E-state index is 12.6. The molecular weight excluding hydrogens is 348 g/mol. The van der Waals surface area contributed by atoms with Crippen LogP contribution in [-0.2, 0) is 6.42 Å². The van der Waals surface area contributed by atoms with E-state index in [-0.39, 0.29) is 5.91 Å². The minimum Gasteiger partial charge on any atom is -0.497 e. The number of methoxy groups -OCH3 is 1. The summed E-state index contributed by atoms with van der Waals surface area (Å²) < 4.78 is 10.7. The van der Waals surface area contributed by atoms with E-state index in [1.807, 2.05) is 43.3 Å². The standard InChI is InChI=1S/C20H18N2O3S/c1-12-18(13-3-6-16(24-2)7-4-13)21-20(26-12)22-19(23)15-5-8-17-14(11-15)9-10-25-17/h3-8,11H,9-10H2,1-2H3,(H,21,22,23). The van der Waals surface area contributed by atoms with Crippen LogP contribution in [0, 0.1) is 6.92 Å². The van der Waals surface area contributed by atoms with Gasteiger partial charge in [-0.2, -0.15) is 0 Å². The summed E-state index contributed by atoms with van der Waals surface area (Å²) in [4.78, 5) is 18.2. The molecule has 2 aromatic carbocycles. The fraction of sp³-hybridized carbons (Fsp3) is 0.200. The maximum Gasteiger partial charge on any atom is 0.257 e. The lowest BCUT2D eigenvalue weighted by Gasteiger charge is -2.04. The van der Waals surface area contributed by atoms with Crippen LogP contribution in [0.25, 0.3) is 11.3 Å².